The van der Waals surface area contributed by atoms with E-state index in [0.29, 0.717) is 18.0 Å². The van der Waals surface area contributed by atoms with Gasteiger partial charge in [-0.2, -0.15) is 5.26 Å². The summed E-state index contributed by atoms with van der Waals surface area (Å²) in [6.07, 6.45) is 4.28. The minimum atomic E-state index is -0.936. The molecule has 0 radical (unpaired) electrons. The number of benzene rings is 2. The van der Waals surface area contributed by atoms with Crippen molar-refractivity contribution in [1.82, 2.24) is 25.0 Å². The molecule has 0 atom stereocenters. The van der Waals surface area contributed by atoms with E-state index >= 15 is 0 Å². The van der Waals surface area contributed by atoms with Crippen molar-refractivity contribution in [3.8, 4) is 11.8 Å². The molecule has 1 saturated heterocycles. The Labute approximate surface area is 235 Å². The predicted octanol–water partition coefficient (Wildman–Crippen LogP) is 5.20. The summed E-state index contributed by atoms with van der Waals surface area (Å²) in [7, 11) is 0. The van der Waals surface area contributed by atoms with Gasteiger partial charge in [0.15, 0.2) is 11.6 Å². The number of carboxylic acid groups (broad SMARTS) is 1. The Kier molecular flexibility index (Phi) is 8.26. The molecule has 1 aliphatic carbocycles. The van der Waals surface area contributed by atoms with Gasteiger partial charge < -0.3 is 14.4 Å². The first-order valence-corrected chi connectivity index (χ1v) is 13.3. The number of carbonyl (C=O) groups is 1. The Morgan fingerprint density at radius 3 is 2.67 bits per heavy atom. The Hall–Kier alpha value is -4.04. The van der Waals surface area contributed by atoms with Crippen molar-refractivity contribution in [2.75, 3.05) is 13.1 Å². The second kappa shape index (κ2) is 12.0. The number of rotatable bonds is 9. The zero-order chi connectivity index (χ0) is 28.1. The van der Waals surface area contributed by atoms with Gasteiger partial charge in [-0.3, -0.25) is 10.4 Å². The molecule has 9 nitrogen and oxygen atoms in total. The van der Waals surface area contributed by atoms with Gasteiger partial charge in [0, 0.05) is 42.7 Å². The van der Waals surface area contributed by atoms with Crippen LogP contribution in [-0.2, 0) is 19.7 Å². The highest BCUT2D eigenvalue weighted by molar-refractivity contribution is 6.30. The molecule has 6 rings (SSSR count). The van der Waals surface area contributed by atoms with Crippen LogP contribution in [0.15, 0.2) is 60.8 Å². The molecular weight excluding hydrogens is 535 g/mol. The van der Waals surface area contributed by atoms with E-state index in [0.717, 1.165) is 55.0 Å². The van der Waals surface area contributed by atoms with E-state index in [-0.39, 0.29) is 23.3 Å². The zero-order valence-corrected chi connectivity index (χ0v) is 22.4. The van der Waals surface area contributed by atoms with Gasteiger partial charge in [-0.15, -0.1) is 0 Å². The quantitative estimate of drug-likeness (QED) is 0.286. The standard InChI is InChI=1S/C17H19N5O2.C12H9ClFNO/c18-6-5-17(3-4-17)11-22-14-9-12(16(23)24)1-2-13(14)20-15(22)10-21-8-7-19-21;13-9-4-5-12(11(14)7-9)16-8-10-3-1-2-6-15-10/h1-2,9,19H,3-5,7-8,10-11H2,(H,23,24);1-7H,8H2. The van der Waals surface area contributed by atoms with Crippen molar-refractivity contribution >= 4 is 28.6 Å². The van der Waals surface area contributed by atoms with E-state index in [1.54, 1.807) is 30.5 Å². The Bertz CT molecular complexity index is 1550. The molecule has 11 heteroatoms. The molecule has 2 aromatic carbocycles. The molecule has 4 aromatic rings. The average Bonchev–Trinajstić information content (AvgIpc) is 3.60. The lowest BCUT2D eigenvalue weighted by Gasteiger charge is -2.32. The maximum absolute atomic E-state index is 13.3. The van der Waals surface area contributed by atoms with Crippen LogP contribution in [0.25, 0.3) is 11.0 Å². The number of aromatic nitrogens is 3. The third-order valence-corrected chi connectivity index (χ3v) is 7.26. The lowest BCUT2D eigenvalue weighted by molar-refractivity contribution is 0.0697. The molecule has 1 saturated carbocycles. The molecular formula is C29H28ClFN6O3. The molecule has 1 aliphatic heterocycles. The van der Waals surface area contributed by atoms with E-state index in [1.165, 1.54) is 12.1 Å². The summed E-state index contributed by atoms with van der Waals surface area (Å²) in [6, 6.07) is 17.1. The minimum Gasteiger partial charge on any atom is -0.484 e. The Morgan fingerprint density at radius 1 is 1.23 bits per heavy atom. The van der Waals surface area contributed by atoms with Crippen LogP contribution < -0.4 is 10.2 Å². The predicted molar refractivity (Wildman–Crippen MR) is 147 cm³/mol. The highest BCUT2D eigenvalue weighted by Gasteiger charge is 2.43. The van der Waals surface area contributed by atoms with Crippen molar-refractivity contribution in [2.45, 2.75) is 39.0 Å². The summed E-state index contributed by atoms with van der Waals surface area (Å²) in [5.41, 5.74) is 5.92. The molecule has 206 valence electrons. The largest absolute Gasteiger partial charge is 0.484 e. The van der Waals surface area contributed by atoms with Crippen LogP contribution in [0.5, 0.6) is 5.75 Å². The maximum atomic E-state index is 13.3. The number of halogens is 2. The van der Waals surface area contributed by atoms with Gasteiger partial charge >= 0.3 is 5.97 Å². The molecule has 40 heavy (non-hydrogen) atoms. The van der Waals surface area contributed by atoms with Crippen LogP contribution in [-0.4, -0.2) is 43.7 Å². The normalized spacial score (nSPS) is 15.4. The summed E-state index contributed by atoms with van der Waals surface area (Å²) < 4.78 is 20.7. The summed E-state index contributed by atoms with van der Waals surface area (Å²) in [5.74, 6) is -0.309. The number of carboxylic acids is 1. The smallest absolute Gasteiger partial charge is 0.335 e. The molecule has 0 spiro atoms. The maximum Gasteiger partial charge on any atom is 0.335 e. The van der Waals surface area contributed by atoms with Crippen LogP contribution in [0.4, 0.5) is 4.39 Å². The van der Waals surface area contributed by atoms with Gasteiger partial charge in [0.05, 0.1) is 34.9 Å². The number of nitriles is 1. The summed E-state index contributed by atoms with van der Waals surface area (Å²) in [4.78, 5) is 20.1. The molecule has 0 unspecified atom stereocenters. The number of nitrogens with one attached hydrogen (secondary N) is 1. The number of hydrogen-bond donors (Lipinski definition) is 2. The Morgan fingerprint density at radius 2 is 2.05 bits per heavy atom. The van der Waals surface area contributed by atoms with Gasteiger partial charge in [0.25, 0.3) is 0 Å². The lowest BCUT2D eigenvalue weighted by atomic mass is 10.0. The van der Waals surface area contributed by atoms with Crippen molar-refractivity contribution in [3.05, 3.63) is 88.7 Å². The van der Waals surface area contributed by atoms with Crippen molar-refractivity contribution in [1.29, 1.82) is 5.26 Å². The molecule has 2 fully saturated rings. The molecule has 2 aromatic heterocycles. The molecule has 0 amide bonds. The third-order valence-electron chi connectivity index (χ3n) is 7.02. The molecule has 2 aliphatic rings. The van der Waals surface area contributed by atoms with E-state index in [9.17, 15) is 14.3 Å². The molecule has 3 heterocycles. The van der Waals surface area contributed by atoms with Gasteiger partial charge in [-0.05, 0) is 61.4 Å². The number of hydrazine groups is 1. The second-order valence-corrected chi connectivity index (χ2v) is 10.4. The van der Waals surface area contributed by atoms with Crippen LogP contribution in [0.2, 0.25) is 5.02 Å². The van der Waals surface area contributed by atoms with Crippen LogP contribution in [0.3, 0.4) is 0 Å². The van der Waals surface area contributed by atoms with Crippen LogP contribution in [0.1, 0.15) is 41.1 Å². The SMILES string of the molecule is Fc1cc(Cl)ccc1OCc1ccccn1.N#CCC1(Cn2c(CN3CCN3)nc3ccc(C(=O)O)cc32)CC1. The first kappa shape index (κ1) is 27.5. The second-order valence-electron chi connectivity index (χ2n) is 9.97. The number of nitrogens with zero attached hydrogens (tertiary/aromatic N) is 5. The number of aromatic carboxylic acids is 1. The van der Waals surface area contributed by atoms with Gasteiger partial charge in [0.2, 0.25) is 0 Å². The number of pyridine rings is 1. The topological polar surface area (TPSA) is 116 Å². The van der Waals surface area contributed by atoms with Crippen LogP contribution >= 0.6 is 11.6 Å². The minimum absolute atomic E-state index is 0.0265. The number of fused-ring (bicyclic) bond motifs is 1. The van der Waals surface area contributed by atoms with Crippen LogP contribution in [0, 0.1) is 22.6 Å². The average molecular weight is 563 g/mol. The lowest BCUT2D eigenvalue weighted by Crippen LogP contribution is -2.53. The molecule has 2 N–H and O–H groups in total. The summed E-state index contributed by atoms with van der Waals surface area (Å²) in [6.45, 7) is 3.59. The van der Waals surface area contributed by atoms with E-state index < -0.39 is 11.8 Å². The first-order chi connectivity index (χ1) is 19.4. The highest BCUT2D eigenvalue weighted by Crippen LogP contribution is 2.50. The number of ether oxygens (including phenoxy) is 1. The summed E-state index contributed by atoms with van der Waals surface area (Å²) in [5, 5.41) is 20.8. The summed E-state index contributed by atoms with van der Waals surface area (Å²) >= 11 is 5.63. The van der Waals surface area contributed by atoms with Crippen molar-refractivity contribution < 1.29 is 19.0 Å². The fourth-order valence-corrected chi connectivity index (χ4v) is 4.64. The number of imidazole rings is 1. The fourth-order valence-electron chi connectivity index (χ4n) is 4.48. The van der Waals surface area contributed by atoms with E-state index in [1.807, 2.05) is 18.2 Å². The van der Waals surface area contributed by atoms with Gasteiger partial charge in [-0.25, -0.2) is 19.2 Å². The monoisotopic (exact) mass is 562 g/mol. The van der Waals surface area contributed by atoms with Crippen molar-refractivity contribution in [3.63, 3.8) is 0 Å². The Balaban J connectivity index is 0.000000176. The van der Waals surface area contributed by atoms with Gasteiger partial charge in [0.1, 0.15) is 12.4 Å². The first-order valence-electron chi connectivity index (χ1n) is 12.9. The van der Waals surface area contributed by atoms with E-state index in [2.05, 4.69) is 26.1 Å². The van der Waals surface area contributed by atoms with Gasteiger partial charge in [-0.1, -0.05) is 17.7 Å². The third kappa shape index (κ3) is 6.57. The highest BCUT2D eigenvalue weighted by atomic mass is 35.5. The zero-order valence-electron chi connectivity index (χ0n) is 21.7. The number of hydrogen-bond acceptors (Lipinski definition) is 7. The molecule has 0 bridgehead atoms. The van der Waals surface area contributed by atoms with E-state index in [4.69, 9.17) is 26.6 Å². The fraction of sp³-hybridized carbons (Fsp3) is 0.310. The van der Waals surface area contributed by atoms with Crippen molar-refractivity contribution in [2.24, 2.45) is 5.41 Å².